The van der Waals surface area contributed by atoms with Crippen molar-refractivity contribution in [2.75, 3.05) is 23.7 Å². The van der Waals surface area contributed by atoms with Crippen molar-refractivity contribution in [3.8, 4) is 0 Å². The average molecular weight is 404 g/mol. The molecular weight excluding hydrogens is 382 g/mol. The van der Waals surface area contributed by atoms with E-state index in [2.05, 4.69) is 27.2 Å². The lowest BCUT2D eigenvalue weighted by molar-refractivity contribution is 0.0994. The molecule has 1 aromatic heterocycles. The number of carbonyl (C=O) groups is 1. The Labute approximate surface area is 173 Å². The molecule has 5 rings (SSSR count). The van der Waals surface area contributed by atoms with E-state index in [-0.39, 0.29) is 11.9 Å². The number of fused-ring (bicyclic) bond motifs is 1. The fourth-order valence-corrected chi connectivity index (χ4v) is 4.85. The summed E-state index contributed by atoms with van der Waals surface area (Å²) >= 11 is 1.82. The molecule has 1 atom stereocenters. The monoisotopic (exact) mass is 403 g/mol. The van der Waals surface area contributed by atoms with Crippen molar-refractivity contribution in [1.82, 2.24) is 15.1 Å². The third-order valence-corrected chi connectivity index (χ3v) is 6.23. The lowest BCUT2D eigenvalue weighted by Crippen LogP contribution is -2.26. The van der Waals surface area contributed by atoms with Crippen molar-refractivity contribution in [1.29, 1.82) is 0 Å². The number of nitrogens with zero attached hydrogens (tertiary/aromatic N) is 4. The second-order valence-corrected chi connectivity index (χ2v) is 8.32. The summed E-state index contributed by atoms with van der Waals surface area (Å²) in [5.41, 5.74) is 4.25. The molecule has 2 aliphatic heterocycles. The number of aromatic amines is 1. The van der Waals surface area contributed by atoms with E-state index in [0.29, 0.717) is 5.69 Å². The zero-order valence-electron chi connectivity index (χ0n) is 16.1. The molecule has 3 aromatic rings. The number of hydrogen-bond donors (Lipinski definition) is 1. The van der Waals surface area contributed by atoms with Crippen LogP contribution in [0.3, 0.4) is 0 Å². The van der Waals surface area contributed by atoms with E-state index in [1.807, 2.05) is 55.1 Å². The Balaban J connectivity index is 1.54. The number of H-pyrrole nitrogens is 1. The van der Waals surface area contributed by atoms with Crippen LogP contribution in [0.5, 0.6) is 0 Å². The third kappa shape index (κ3) is 3.42. The van der Waals surface area contributed by atoms with Gasteiger partial charge in [0.15, 0.2) is 10.9 Å². The van der Waals surface area contributed by atoms with Crippen LogP contribution in [0.1, 0.15) is 27.7 Å². The highest BCUT2D eigenvalue weighted by Crippen LogP contribution is 2.35. The first kappa shape index (κ1) is 18.0. The van der Waals surface area contributed by atoms with Gasteiger partial charge in [0.2, 0.25) is 0 Å². The van der Waals surface area contributed by atoms with Crippen molar-refractivity contribution in [2.45, 2.75) is 13.0 Å². The van der Waals surface area contributed by atoms with Crippen LogP contribution in [-0.2, 0) is 0 Å². The molecule has 0 bridgehead atoms. The van der Waals surface area contributed by atoms with Crippen LogP contribution >= 0.6 is 11.8 Å². The van der Waals surface area contributed by atoms with Crippen LogP contribution in [0.15, 0.2) is 65.8 Å². The second-order valence-electron chi connectivity index (χ2n) is 7.26. The van der Waals surface area contributed by atoms with Gasteiger partial charge in [0.1, 0.15) is 0 Å². The first-order valence-electron chi connectivity index (χ1n) is 9.65. The summed E-state index contributed by atoms with van der Waals surface area (Å²) in [6.45, 7) is 3.99. The summed E-state index contributed by atoms with van der Waals surface area (Å²) in [5.74, 6) is 0.952. The minimum absolute atomic E-state index is 0.109. The minimum Gasteiger partial charge on any atom is -0.348 e. The van der Waals surface area contributed by atoms with E-state index in [1.165, 1.54) is 0 Å². The summed E-state index contributed by atoms with van der Waals surface area (Å²) in [6, 6.07) is 17.9. The van der Waals surface area contributed by atoms with Crippen LogP contribution in [0.4, 0.5) is 11.4 Å². The number of aliphatic imine (C=N–C) groups is 1. The number of benzene rings is 2. The molecule has 7 heteroatoms. The van der Waals surface area contributed by atoms with Crippen molar-refractivity contribution < 1.29 is 4.79 Å². The Hall–Kier alpha value is -3.06. The third-order valence-electron chi connectivity index (χ3n) is 5.22. The molecule has 0 aliphatic carbocycles. The van der Waals surface area contributed by atoms with Gasteiger partial charge in [-0.3, -0.25) is 19.8 Å². The normalized spacial score (nSPS) is 17.9. The molecule has 1 N–H and O–H groups in total. The molecule has 1 amide bonds. The molecule has 2 aromatic carbocycles. The predicted octanol–water partition coefficient (Wildman–Crippen LogP) is 4.16. The molecule has 6 nitrogen and oxygen atoms in total. The molecule has 1 fully saturated rings. The van der Waals surface area contributed by atoms with Crippen LogP contribution < -0.4 is 4.90 Å². The highest BCUT2D eigenvalue weighted by molar-refractivity contribution is 8.14. The number of nitrogens with one attached hydrogen (secondary N) is 1. The Morgan fingerprint density at radius 3 is 2.76 bits per heavy atom. The smallest absolute Gasteiger partial charge is 0.283 e. The zero-order valence-corrected chi connectivity index (χ0v) is 16.9. The first-order chi connectivity index (χ1) is 14.2. The summed E-state index contributed by atoms with van der Waals surface area (Å²) in [7, 11) is 0. The maximum atomic E-state index is 13.3. The average Bonchev–Trinajstić information content (AvgIpc) is 3.46. The van der Waals surface area contributed by atoms with Gasteiger partial charge in [0.05, 0.1) is 6.04 Å². The summed E-state index contributed by atoms with van der Waals surface area (Å²) < 4.78 is 0. The van der Waals surface area contributed by atoms with Gasteiger partial charge in [-0.2, -0.15) is 5.10 Å². The van der Waals surface area contributed by atoms with Crippen molar-refractivity contribution in [2.24, 2.45) is 4.99 Å². The van der Waals surface area contributed by atoms with Gasteiger partial charge < -0.3 is 4.90 Å². The Morgan fingerprint density at radius 1 is 1.17 bits per heavy atom. The van der Waals surface area contributed by atoms with E-state index in [1.54, 1.807) is 17.2 Å². The largest absolute Gasteiger partial charge is 0.348 e. The molecule has 0 saturated carbocycles. The SMILES string of the molecule is Cc1cccc(N(C(=O)c2cc[nH]n2)c2cccc(C3CN4CCSC4=N3)c2)c1. The highest BCUT2D eigenvalue weighted by atomic mass is 32.2. The van der Waals surface area contributed by atoms with Crippen molar-refractivity contribution in [3.63, 3.8) is 0 Å². The Kier molecular flexibility index (Phi) is 4.60. The highest BCUT2D eigenvalue weighted by Gasteiger charge is 2.31. The molecule has 1 saturated heterocycles. The van der Waals surface area contributed by atoms with E-state index >= 15 is 0 Å². The number of anilines is 2. The van der Waals surface area contributed by atoms with E-state index in [0.717, 1.165) is 46.5 Å². The zero-order chi connectivity index (χ0) is 19.8. The van der Waals surface area contributed by atoms with Gasteiger partial charge in [0, 0.05) is 36.4 Å². The fourth-order valence-electron chi connectivity index (χ4n) is 3.80. The number of rotatable bonds is 4. The van der Waals surface area contributed by atoms with Gasteiger partial charge >= 0.3 is 0 Å². The van der Waals surface area contributed by atoms with Crippen molar-refractivity contribution >= 4 is 34.2 Å². The first-order valence-corrected chi connectivity index (χ1v) is 10.6. The van der Waals surface area contributed by atoms with Crippen LogP contribution in [0, 0.1) is 6.92 Å². The lowest BCUT2D eigenvalue weighted by Gasteiger charge is -2.24. The quantitative estimate of drug-likeness (QED) is 0.711. The summed E-state index contributed by atoms with van der Waals surface area (Å²) in [6.07, 6.45) is 1.66. The second kappa shape index (κ2) is 7.40. The number of thioether (sulfide) groups is 1. The number of amidine groups is 1. The molecular formula is C22H21N5OS. The molecule has 3 heterocycles. The van der Waals surface area contributed by atoms with Crippen LogP contribution in [-0.4, -0.2) is 45.0 Å². The standard InChI is InChI=1S/C22H21N5OS/c1-15-4-2-6-17(12-15)27(21(28)19-8-9-23-25-19)18-7-3-5-16(13-18)20-14-26-10-11-29-22(26)24-20/h2-9,12-13,20H,10-11,14H2,1H3,(H,23,25). The minimum atomic E-state index is -0.164. The maximum absolute atomic E-state index is 13.3. The number of carbonyl (C=O) groups excluding carboxylic acids is 1. The molecule has 29 heavy (non-hydrogen) atoms. The van der Waals surface area contributed by atoms with Crippen molar-refractivity contribution in [3.05, 3.63) is 77.6 Å². The van der Waals surface area contributed by atoms with Gasteiger partial charge in [0.25, 0.3) is 5.91 Å². The summed E-state index contributed by atoms with van der Waals surface area (Å²) in [5, 5.41) is 7.98. The van der Waals surface area contributed by atoms with Crippen LogP contribution in [0.25, 0.3) is 0 Å². The lowest BCUT2D eigenvalue weighted by atomic mass is 10.1. The van der Waals surface area contributed by atoms with Gasteiger partial charge in [-0.1, -0.05) is 36.0 Å². The molecule has 146 valence electrons. The molecule has 1 unspecified atom stereocenters. The number of aryl methyl sites for hydroxylation is 1. The van der Waals surface area contributed by atoms with Gasteiger partial charge in [-0.15, -0.1) is 0 Å². The predicted molar refractivity (Wildman–Crippen MR) is 117 cm³/mol. The molecule has 2 aliphatic rings. The Bertz CT molecular complexity index is 1080. The van der Waals surface area contributed by atoms with Crippen LogP contribution in [0.2, 0.25) is 0 Å². The van der Waals surface area contributed by atoms with E-state index in [9.17, 15) is 4.79 Å². The van der Waals surface area contributed by atoms with Gasteiger partial charge in [-0.05, 0) is 48.4 Å². The number of hydrogen-bond acceptors (Lipinski definition) is 5. The maximum Gasteiger partial charge on any atom is 0.283 e. The van der Waals surface area contributed by atoms with Gasteiger partial charge in [-0.25, -0.2) is 0 Å². The fraction of sp³-hybridized carbons (Fsp3) is 0.227. The summed E-state index contributed by atoms with van der Waals surface area (Å²) in [4.78, 5) is 22.3. The topological polar surface area (TPSA) is 64.6 Å². The van der Waals surface area contributed by atoms with E-state index < -0.39 is 0 Å². The molecule has 0 spiro atoms. The molecule has 0 radical (unpaired) electrons. The van der Waals surface area contributed by atoms with E-state index in [4.69, 9.17) is 4.99 Å². The number of amides is 1. The Morgan fingerprint density at radius 2 is 2.00 bits per heavy atom. The number of aromatic nitrogens is 2.